The molecule has 0 bridgehead atoms. The van der Waals surface area contributed by atoms with Gasteiger partial charge in [0.25, 0.3) is 0 Å². The Morgan fingerprint density at radius 1 is 1.37 bits per heavy atom. The molecule has 0 atom stereocenters. The van der Waals surface area contributed by atoms with Crippen LogP contribution in [0.1, 0.15) is 44.3 Å². The first-order valence-corrected chi connectivity index (χ1v) is 7.50. The van der Waals surface area contributed by atoms with Crippen molar-refractivity contribution in [2.45, 2.75) is 38.6 Å². The fourth-order valence-electron chi connectivity index (χ4n) is 2.05. The number of rotatable bonds is 3. The largest absolute Gasteiger partial charge is 0.325 e. The summed E-state index contributed by atoms with van der Waals surface area (Å²) < 4.78 is 2.93. The second-order valence-electron chi connectivity index (χ2n) is 5.11. The predicted octanol–water partition coefficient (Wildman–Crippen LogP) is 4.21. The van der Waals surface area contributed by atoms with E-state index in [4.69, 9.17) is 11.6 Å². The zero-order valence-corrected chi connectivity index (χ0v) is 13.1. The maximum absolute atomic E-state index is 6.20. The lowest BCUT2D eigenvalue weighted by Gasteiger charge is -2.11. The summed E-state index contributed by atoms with van der Waals surface area (Å²) in [6.07, 6.45) is 6.05. The van der Waals surface area contributed by atoms with Gasteiger partial charge in [-0.25, -0.2) is 15.0 Å². The first kappa shape index (κ1) is 13.1. The Morgan fingerprint density at radius 3 is 2.74 bits per heavy atom. The van der Waals surface area contributed by atoms with Gasteiger partial charge in [-0.05, 0) is 34.7 Å². The molecule has 1 fully saturated rings. The van der Waals surface area contributed by atoms with E-state index in [9.17, 15) is 0 Å². The molecular weight excluding hydrogens is 328 g/mol. The number of nitrogens with zero attached hydrogens (tertiary/aromatic N) is 4. The fourth-order valence-corrected chi connectivity index (χ4v) is 2.87. The standard InChI is InChI=1S/C13H14BrClN4/c1-7(2)11-10(14)12(15)18-13(17-11)9-5-16-6-19(9)8-3-4-8/h5-8H,3-4H2,1-2H3. The third-order valence-corrected chi connectivity index (χ3v) is 4.50. The van der Waals surface area contributed by atoms with Crippen molar-refractivity contribution < 1.29 is 0 Å². The Labute approximate surface area is 125 Å². The van der Waals surface area contributed by atoms with Crippen LogP contribution in [0.4, 0.5) is 0 Å². The SMILES string of the molecule is CC(C)c1nc(-c2cncn2C2CC2)nc(Cl)c1Br. The van der Waals surface area contributed by atoms with E-state index in [-0.39, 0.29) is 5.92 Å². The number of hydrogen-bond acceptors (Lipinski definition) is 3. The van der Waals surface area contributed by atoms with Gasteiger partial charge in [-0.2, -0.15) is 0 Å². The van der Waals surface area contributed by atoms with Crippen LogP contribution in [0.5, 0.6) is 0 Å². The molecular formula is C13H14BrClN4. The Balaban J connectivity index is 2.12. The zero-order valence-electron chi connectivity index (χ0n) is 10.8. The van der Waals surface area contributed by atoms with E-state index < -0.39 is 0 Å². The highest BCUT2D eigenvalue weighted by Crippen LogP contribution is 2.38. The van der Waals surface area contributed by atoms with E-state index >= 15 is 0 Å². The van der Waals surface area contributed by atoms with Crippen molar-refractivity contribution in [2.24, 2.45) is 0 Å². The van der Waals surface area contributed by atoms with Crippen LogP contribution in [-0.4, -0.2) is 19.5 Å². The van der Waals surface area contributed by atoms with Crippen LogP contribution in [0.15, 0.2) is 17.0 Å². The van der Waals surface area contributed by atoms with Gasteiger partial charge in [0.2, 0.25) is 0 Å². The van der Waals surface area contributed by atoms with E-state index in [1.165, 1.54) is 12.8 Å². The third kappa shape index (κ3) is 2.41. The second kappa shape index (κ2) is 4.87. The molecule has 1 aliphatic carbocycles. The number of hydrogen-bond donors (Lipinski definition) is 0. The molecule has 2 heterocycles. The minimum atomic E-state index is 0.283. The molecule has 0 unspecified atom stereocenters. The minimum Gasteiger partial charge on any atom is -0.325 e. The van der Waals surface area contributed by atoms with Crippen LogP contribution in [0, 0.1) is 0 Å². The highest BCUT2D eigenvalue weighted by molar-refractivity contribution is 9.10. The van der Waals surface area contributed by atoms with Crippen molar-refractivity contribution in [1.82, 2.24) is 19.5 Å². The summed E-state index contributed by atoms with van der Waals surface area (Å²) in [5.74, 6) is 0.937. The summed E-state index contributed by atoms with van der Waals surface area (Å²) >= 11 is 9.66. The van der Waals surface area contributed by atoms with Gasteiger partial charge < -0.3 is 4.57 Å². The van der Waals surface area contributed by atoms with Crippen molar-refractivity contribution in [3.8, 4) is 11.5 Å². The Bertz CT molecular complexity index is 619. The summed E-state index contributed by atoms with van der Waals surface area (Å²) in [6.45, 7) is 4.18. The van der Waals surface area contributed by atoms with Crippen LogP contribution in [-0.2, 0) is 0 Å². The van der Waals surface area contributed by atoms with Gasteiger partial charge in [-0.1, -0.05) is 25.4 Å². The van der Waals surface area contributed by atoms with Crippen LogP contribution in [0.25, 0.3) is 11.5 Å². The van der Waals surface area contributed by atoms with E-state index in [0.29, 0.717) is 17.0 Å². The summed E-state index contributed by atoms with van der Waals surface area (Å²) in [4.78, 5) is 13.2. The van der Waals surface area contributed by atoms with E-state index in [1.54, 1.807) is 0 Å². The quantitative estimate of drug-likeness (QED) is 0.785. The molecule has 1 aliphatic rings. The fraction of sp³-hybridized carbons (Fsp3) is 0.462. The molecule has 3 rings (SSSR count). The first-order valence-electron chi connectivity index (χ1n) is 6.33. The zero-order chi connectivity index (χ0) is 13.6. The molecule has 4 nitrogen and oxygen atoms in total. The van der Waals surface area contributed by atoms with Crippen molar-refractivity contribution in [1.29, 1.82) is 0 Å². The molecule has 0 aliphatic heterocycles. The normalized spacial score (nSPS) is 15.2. The Morgan fingerprint density at radius 2 is 2.11 bits per heavy atom. The van der Waals surface area contributed by atoms with Crippen molar-refractivity contribution in [3.63, 3.8) is 0 Å². The van der Waals surface area contributed by atoms with Gasteiger partial charge in [0, 0.05) is 6.04 Å². The highest BCUT2D eigenvalue weighted by atomic mass is 79.9. The summed E-state index contributed by atoms with van der Waals surface area (Å²) in [5, 5.41) is 0.456. The van der Waals surface area contributed by atoms with E-state index in [0.717, 1.165) is 15.9 Å². The molecule has 0 N–H and O–H groups in total. The van der Waals surface area contributed by atoms with Gasteiger partial charge in [0.05, 0.1) is 22.7 Å². The van der Waals surface area contributed by atoms with Gasteiger partial charge >= 0.3 is 0 Å². The van der Waals surface area contributed by atoms with Gasteiger partial charge in [0.15, 0.2) is 5.82 Å². The maximum atomic E-state index is 6.20. The first-order chi connectivity index (χ1) is 9.08. The molecule has 0 radical (unpaired) electrons. The number of aromatic nitrogens is 4. The van der Waals surface area contributed by atoms with Crippen molar-refractivity contribution >= 4 is 27.5 Å². The van der Waals surface area contributed by atoms with Crippen LogP contribution in [0.2, 0.25) is 5.15 Å². The van der Waals surface area contributed by atoms with Crippen molar-refractivity contribution in [2.75, 3.05) is 0 Å². The Kier molecular flexibility index (Phi) is 3.35. The van der Waals surface area contributed by atoms with E-state index in [2.05, 4.69) is 49.3 Å². The number of halogens is 2. The van der Waals surface area contributed by atoms with Crippen LogP contribution in [0.3, 0.4) is 0 Å². The summed E-state index contributed by atoms with van der Waals surface area (Å²) in [5.41, 5.74) is 1.87. The summed E-state index contributed by atoms with van der Waals surface area (Å²) in [6, 6.07) is 0.547. The lowest BCUT2D eigenvalue weighted by atomic mass is 10.1. The molecule has 2 aromatic rings. The summed E-state index contributed by atoms with van der Waals surface area (Å²) in [7, 11) is 0. The smallest absolute Gasteiger partial charge is 0.179 e. The number of imidazole rings is 1. The van der Waals surface area contributed by atoms with Crippen LogP contribution >= 0.6 is 27.5 Å². The van der Waals surface area contributed by atoms with Gasteiger partial charge in [0.1, 0.15) is 10.8 Å². The second-order valence-corrected chi connectivity index (χ2v) is 6.26. The third-order valence-electron chi connectivity index (χ3n) is 3.22. The Hall–Kier alpha value is -0.940. The molecule has 0 amide bonds. The van der Waals surface area contributed by atoms with Gasteiger partial charge in [-0.3, -0.25) is 0 Å². The molecule has 0 saturated heterocycles. The van der Waals surface area contributed by atoms with Gasteiger partial charge in [-0.15, -0.1) is 0 Å². The molecule has 19 heavy (non-hydrogen) atoms. The van der Waals surface area contributed by atoms with E-state index in [1.807, 2.05) is 12.5 Å². The lowest BCUT2D eigenvalue weighted by Crippen LogP contribution is -2.03. The molecule has 6 heteroatoms. The maximum Gasteiger partial charge on any atom is 0.179 e. The van der Waals surface area contributed by atoms with Crippen LogP contribution < -0.4 is 0 Å². The molecule has 0 spiro atoms. The predicted molar refractivity (Wildman–Crippen MR) is 78.3 cm³/mol. The molecule has 2 aromatic heterocycles. The molecule has 0 aromatic carbocycles. The average Bonchev–Trinajstić information content (AvgIpc) is 3.10. The molecule has 100 valence electrons. The topological polar surface area (TPSA) is 43.6 Å². The van der Waals surface area contributed by atoms with Crippen molar-refractivity contribution in [3.05, 3.63) is 27.8 Å². The molecule has 1 saturated carbocycles. The highest BCUT2D eigenvalue weighted by Gasteiger charge is 2.27. The monoisotopic (exact) mass is 340 g/mol. The minimum absolute atomic E-state index is 0.283. The average molecular weight is 342 g/mol. The lowest BCUT2D eigenvalue weighted by molar-refractivity contribution is 0.738.